The van der Waals surface area contributed by atoms with E-state index in [4.69, 9.17) is 5.11 Å². The van der Waals surface area contributed by atoms with E-state index in [1.165, 1.54) is 32.3 Å². The number of hydrogen-bond acceptors (Lipinski definition) is 4. The Morgan fingerprint density at radius 2 is 2.05 bits per heavy atom. The molecule has 1 aliphatic heterocycles. The van der Waals surface area contributed by atoms with Crippen LogP contribution in [0, 0.1) is 0 Å². The molecule has 1 aromatic carbocycles. The highest BCUT2D eigenvalue weighted by atomic mass is 32.2. The fraction of sp³-hybridized carbons (Fsp3) is 0.333. The van der Waals surface area contributed by atoms with Gasteiger partial charge < -0.3 is 10.4 Å². The minimum Gasteiger partial charge on any atom is -0.481 e. The van der Waals surface area contributed by atoms with Gasteiger partial charge >= 0.3 is 5.97 Å². The first-order valence-corrected chi connectivity index (χ1v) is 7.26. The maximum atomic E-state index is 12.0. The Morgan fingerprint density at radius 1 is 1.40 bits per heavy atom. The van der Waals surface area contributed by atoms with Crippen LogP contribution in [0.25, 0.3) is 0 Å². The van der Waals surface area contributed by atoms with Gasteiger partial charge in [0.2, 0.25) is 10.0 Å². The van der Waals surface area contributed by atoms with E-state index in [-0.39, 0.29) is 17.2 Å². The van der Waals surface area contributed by atoms with Crippen LogP contribution in [0.4, 0.5) is 0 Å². The second kappa shape index (κ2) is 4.88. The van der Waals surface area contributed by atoms with Crippen molar-refractivity contribution in [1.82, 2.24) is 9.62 Å². The number of carboxylic acids is 1. The molecule has 0 saturated carbocycles. The first kappa shape index (κ1) is 14.5. The van der Waals surface area contributed by atoms with E-state index >= 15 is 0 Å². The lowest BCUT2D eigenvalue weighted by Gasteiger charge is -2.13. The van der Waals surface area contributed by atoms with E-state index < -0.39 is 22.0 Å². The molecule has 1 amide bonds. The molecule has 0 fully saturated rings. The molecule has 0 radical (unpaired) electrons. The third kappa shape index (κ3) is 2.39. The number of benzene rings is 1. The Bertz CT molecular complexity index is 679. The summed E-state index contributed by atoms with van der Waals surface area (Å²) >= 11 is 0. The van der Waals surface area contributed by atoms with Crippen LogP contribution in [-0.4, -0.2) is 43.8 Å². The lowest BCUT2D eigenvalue weighted by Crippen LogP contribution is -2.22. The van der Waals surface area contributed by atoms with Crippen molar-refractivity contribution in [2.45, 2.75) is 17.4 Å². The van der Waals surface area contributed by atoms with E-state index in [1.807, 2.05) is 0 Å². The van der Waals surface area contributed by atoms with Gasteiger partial charge in [-0.2, -0.15) is 0 Å². The van der Waals surface area contributed by atoms with Gasteiger partial charge in [0.15, 0.2) is 0 Å². The third-order valence-corrected chi connectivity index (χ3v) is 4.92. The first-order chi connectivity index (χ1) is 9.23. The number of nitrogens with zero attached hydrogens (tertiary/aromatic N) is 1. The van der Waals surface area contributed by atoms with Gasteiger partial charge in [-0.15, -0.1) is 0 Å². The van der Waals surface area contributed by atoms with E-state index in [0.717, 1.165) is 4.31 Å². The van der Waals surface area contributed by atoms with Crippen molar-refractivity contribution in [3.63, 3.8) is 0 Å². The van der Waals surface area contributed by atoms with Gasteiger partial charge in [0, 0.05) is 19.7 Å². The van der Waals surface area contributed by atoms with Gasteiger partial charge in [-0.05, 0) is 23.8 Å². The molecule has 2 rings (SSSR count). The predicted octanol–water partition coefficient (Wildman–Crippen LogP) is 0.196. The molecule has 0 spiro atoms. The van der Waals surface area contributed by atoms with Gasteiger partial charge in [0.05, 0.1) is 17.4 Å². The van der Waals surface area contributed by atoms with Crippen LogP contribution in [0.5, 0.6) is 0 Å². The Labute approximate surface area is 116 Å². The molecule has 20 heavy (non-hydrogen) atoms. The molecular formula is C12H14N2O5S. The Kier molecular flexibility index (Phi) is 3.53. The van der Waals surface area contributed by atoms with Gasteiger partial charge in [0.25, 0.3) is 5.91 Å². The fourth-order valence-electron chi connectivity index (χ4n) is 2.06. The summed E-state index contributed by atoms with van der Waals surface area (Å²) in [5.74, 6) is -1.45. The summed E-state index contributed by atoms with van der Waals surface area (Å²) in [4.78, 5) is 22.5. The predicted molar refractivity (Wildman–Crippen MR) is 69.8 cm³/mol. The Morgan fingerprint density at radius 3 is 2.60 bits per heavy atom. The minimum absolute atomic E-state index is 0.0353. The standard InChI is InChI=1S/C12H14N2O5S/c1-14(2)20(18,19)7-3-4-8-9(5-7)10(6-11(15)16)13-12(8)17/h3-5,10H,6H2,1-2H3,(H,13,17)(H,15,16)/t10-/m0/s1. The zero-order chi connectivity index (χ0) is 15.1. The number of hydrogen-bond donors (Lipinski definition) is 2. The van der Waals surface area contributed by atoms with E-state index in [9.17, 15) is 18.0 Å². The molecule has 0 aromatic heterocycles. The smallest absolute Gasteiger partial charge is 0.305 e. The zero-order valence-electron chi connectivity index (χ0n) is 11.0. The van der Waals surface area contributed by atoms with Crippen LogP contribution in [0.1, 0.15) is 28.4 Å². The second-order valence-corrected chi connectivity index (χ2v) is 6.81. The van der Waals surface area contributed by atoms with Crippen LogP contribution >= 0.6 is 0 Å². The minimum atomic E-state index is -3.62. The number of fused-ring (bicyclic) bond motifs is 1. The van der Waals surface area contributed by atoms with Crippen LogP contribution in [0.15, 0.2) is 23.1 Å². The number of aliphatic carboxylic acids is 1. The third-order valence-electron chi connectivity index (χ3n) is 3.11. The summed E-state index contributed by atoms with van der Waals surface area (Å²) in [6, 6.07) is 3.41. The number of rotatable bonds is 4. The monoisotopic (exact) mass is 298 g/mol. The van der Waals surface area contributed by atoms with Crippen molar-refractivity contribution in [2.24, 2.45) is 0 Å². The summed E-state index contributed by atoms with van der Waals surface area (Å²) < 4.78 is 25.2. The second-order valence-electron chi connectivity index (χ2n) is 4.66. The molecule has 0 bridgehead atoms. The van der Waals surface area contributed by atoms with Crippen LogP contribution in [-0.2, 0) is 14.8 Å². The Hall–Kier alpha value is -1.93. The highest BCUT2D eigenvalue weighted by Gasteiger charge is 2.31. The molecule has 0 aliphatic carbocycles. The number of carbonyl (C=O) groups excluding carboxylic acids is 1. The molecule has 1 atom stereocenters. The molecule has 7 nitrogen and oxygen atoms in total. The maximum absolute atomic E-state index is 12.0. The molecule has 2 N–H and O–H groups in total. The van der Waals surface area contributed by atoms with Crippen LogP contribution < -0.4 is 5.32 Å². The molecule has 8 heteroatoms. The number of carboxylic acid groups (broad SMARTS) is 1. The van der Waals surface area contributed by atoms with E-state index in [0.29, 0.717) is 11.1 Å². The SMILES string of the molecule is CN(C)S(=O)(=O)c1ccc2c(c1)[C@H](CC(=O)O)NC2=O. The van der Waals surface area contributed by atoms with Gasteiger partial charge in [-0.3, -0.25) is 9.59 Å². The lowest BCUT2D eigenvalue weighted by atomic mass is 10.0. The topological polar surface area (TPSA) is 104 Å². The molecular weight excluding hydrogens is 284 g/mol. The summed E-state index contributed by atoms with van der Waals surface area (Å²) in [6.07, 6.45) is -0.287. The zero-order valence-corrected chi connectivity index (χ0v) is 11.8. The van der Waals surface area contributed by atoms with Gasteiger partial charge in [-0.1, -0.05) is 0 Å². The van der Waals surface area contributed by atoms with Crippen molar-refractivity contribution in [2.75, 3.05) is 14.1 Å². The molecule has 0 unspecified atom stereocenters. The van der Waals surface area contributed by atoms with Crippen LogP contribution in [0.2, 0.25) is 0 Å². The molecule has 1 aliphatic rings. The average molecular weight is 298 g/mol. The molecule has 1 heterocycles. The van der Waals surface area contributed by atoms with Gasteiger partial charge in [-0.25, -0.2) is 12.7 Å². The van der Waals surface area contributed by atoms with Crippen molar-refractivity contribution in [3.05, 3.63) is 29.3 Å². The number of sulfonamides is 1. The van der Waals surface area contributed by atoms with E-state index in [1.54, 1.807) is 0 Å². The maximum Gasteiger partial charge on any atom is 0.305 e. The highest BCUT2D eigenvalue weighted by molar-refractivity contribution is 7.89. The first-order valence-electron chi connectivity index (χ1n) is 5.82. The number of carbonyl (C=O) groups is 2. The number of amides is 1. The lowest BCUT2D eigenvalue weighted by molar-refractivity contribution is -0.137. The van der Waals surface area contributed by atoms with Crippen molar-refractivity contribution in [1.29, 1.82) is 0 Å². The fourth-order valence-corrected chi connectivity index (χ4v) is 2.99. The van der Waals surface area contributed by atoms with Crippen LogP contribution in [0.3, 0.4) is 0 Å². The average Bonchev–Trinajstić information content (AvgIpc) is 2.65. The van der Waals surface area contributed by atoms with Gasteiger partial charge in [0.1, 0.15) is 0 Å². The largest absolute Gasteiger partial charge is 0.481 e. The summed E-state index contributed by atoms with van der Waals surface area (Å²) in [5.41, 5.74) is 0.717. The van der Waals surface area contributed by atoms with Crippen molar-refractivity contribution in [3.8, 4) is 0 Å². The quantitative estimate of drug-likeness (QED) is 0.826. The molecule has 108 valence electrons. The number of nitrogens with one attached hydrogen (secondary N) is 1. The van der Waals surface area contributed by atoms with Crippen molar-refractivity contribution >= 4 is 21.9 Å². The summed E-state index contributed by atoms with van der Waals surface area (Å²) in [7, 11) is -0.814. The molecule has 0 saturated heterocycles. The Balaban J connectivity index is 2.50. The summed E-state index contributed by atoms with van der Waals surface area (Å²) in [5, 5.41) is 11.4. The van der Waals surface area contributed by atoms with Crippen molar-refractivity contribution < 1.29 is 23.1 Å². The highest BCUT2D eigenvalue weighted by Crippen LogP contribution is 2.30. The molecule has 1 aromatic rings. The summed E-state index contributed by atoms with van der Waals surface area (Å²) in [6.45, 7) is 0. The normalized spacial score (nSPS) is 17.9. The van der Waals surface area contributed by atoms with E-state index in [2.05, 4.69) is 5.32 Å².